The van der Waals surface area contributed by atoms with Gasteiger partial charge >= 0.3 is 0 Å². The van der Waals surface area contributed by atoms with E-state index in [2.05, 4.69) is 23.8 Å². The number of nitrogens with zero attached hydrogens (tertiary/aromatic N) is 2. The molecule has 1 saturated heterocycles. The second-order valence-electron chi connectivity index (χ2n) is 4.91. The Bertz CT molecular complexity index is 161. The predicted octanol–water partition coefficient (Wildman–Crippen LogP) is 1.42. The smallest absolute Gasteiger partial charge is 0.0113 e. The van der Waals surface area contributed by atoms with Crippen molar-refractivity contribution in [1.29, 1.82) is 0 Å². The van der Waals surface area contributed by atoms with Crippen molar-refractivity contribution >= 4 is 0 Å². The van der Waals surface area contributed by atoms with Gasteiger partial charge in [-0.2, -0.15) is 0 Å². The summed E-state index contributed by atoms with van der Waals surface area (Å²) in [4.78, 5) is 5.15. The fourth-order valence-corrected chi connectivity index (χ4v) is 2.70. The highest BCUT2D eigenvalue weighted by Gasteiger charge is 2.28. The lowest BCUT2D eigenvalue weighted by Gasteiger charge is -2.36. The van der Waals surface area contributed by atoms with Crippen molar-refractivity contribution in [2.45, 2.75) is 32.2 Å². The van der Waals surface area contributed by atoms with E-state index in [1.807, 2.05) is 0 Å². The van der Waals surface area contributed by atoms with Crippen LogP contribution in [0.4, 0.5) is 0 Å². The molecule has 13 heavy (non-hydrogen) atoms. The largest absolute Gasteiger partial charge is 0.304 e. The maximum atomic E-state index is 2.71. The molecular weight excluding hydrogens is 160 g/mol. The van der Waals surface area contributed by atoms with E-state index in [9.17, 15) is 0 Å². The molecule has 2 unspecified atom stereocenters. The highest BCUT2D eigenvalue weighted by atomic mass is 15.3. The number of likely N-dealkylation sites (N-methyl/N-ethyl adjacent to an activating group) is 1. The van der Waals surface area contributed by atoms with Gasteiger partial charge in [0, 0.05) is 32.2 Å². The first-order chi connectivity index (χ1) is 6.25. The maximum absolute atomic E-state index is 2.71. The van der Waals surface area contributed by atoms with E-state index in [1.54, 1.807) is 0 Å². The summed E-state index contributed by atoms with van der Waals surface area (Å²) in [6.45, 7) is 7.54. The molecule has 76 valence electrons. The van der Waals surface area contributed by atoms with Gasteiger partial charge in [0.25, 0.3) is 0 Å². The molecule has 0 bridgehead atoms. The fourth-order valence-electron chi connectivity index (χ4n) is 2.70. The second kappa shape index (κ2) is 3.97. The molecule has 2 heteroatoms. The van der Waals surface area contributed by atoms with Crippen LogP contribution in [0.25, 0.3) is 0 Å². The molecule has 0 amide bonds. The SMILES string of the molecule is CC1CCC(N2CCN(C)CC2)C1. The normalized spacial score (nSPS) is 38.3. The highest BCUT2D eigenvalue weighted by Crippen LogP contribution is 2.29. The molecular formula is C11H22N2. The first-order valence-corrected chi connectivity index (χ1v) is 5.68. The number of rotatable bonds is 1. The third kappa shape index (κ3) is 2.23. The Labute approximate surface area is 81.9 Å². The molecule has 1 saturated carbocycles. The number of piperazine rings is 1. The van der Waals surface area contributed by atoms with Gasteiger partial charge < -0.3 is 4.90 Å². The fraction of sp³-hybridized carbons (Fsp3) is 1.00. The van der Waals surface area contributed by atoms with Gasteiger partial charge in [0.2, 0.25) is 0 Å². The van der Waals surface area contributed by atoms with Crippen LogP contribution in [0.1, 0.15) is 26.2 Å². The molecule has 0 aromatic carbocycles. The van der Waals surface area contributed by atoms with Gasteiger partial charge in [-0.15, -0.1) is 0 Å². The van der Waals surface area contributed by atoms with Gasteiger partial charge in [-0.05, 0) is 32.2 Å². The topological polar surface area (TPSA) is 6.48 Å². The molecule has 2 nitrogen and oxygen atoms in total. The monoisotopic (exact) mass is 182 g/mol. The highest BCUT2D eigenvalue weighted by molar-refractivity contribution is 4.83. The Morgan fingerprint density at radius 2 is 1.69 bits per heavy atom. The zero-order chi connectivity index (χ0) is 9.26. The van der Waals surface area contributed by atoms with Crippen molar-refractivity contribution in [3.05, 3.63) is 0 Å². The van der Waals surface area contributed by atoms with Crippen LogP contribution in [0.2, 0.25) is 0 Å². The van der Waals surface area contributed by atoms with Gasteiger partial charge in [0.1, 0.15) is 0 Å². The minimum Gasteiger partial charge on any atom is -0.304 e. The molecule has 1 aliphatic heterocycles. The summed E-state index contributed by atoms with van der Waals surface area (Å²) in [5.74, 6) is 0.977. The maximum Gasteiger partial charge on any atom is 0.0113 e. The van der Waals surface area contributed by atoms with E-state index in [1.165, 1.54) is 45.4 Å². The van der Waals surface area contributed by atoms with Crippen LogP contribution in [0.3, 0.4) is 0 Å². The van der Waals surface area contributed by atoms with E-state index < -0.39 is 0 Å². The average Bonchev–Trinajstić information content (AvgIpc) is 2.53. The number of hydrogen-bond acceptors (Lipinski definition) is 2. The lowest BCUT2D eigenvalue weighted by atomic mass is 10.1. The molecule has 2 aliphatic rings. The minimum atomic E-state index is 0.920. The van der Waals surface area contributed by atoms with Gasteiger partial charge in [-0.25, -0.2) is 0 Å². The van der Waals surface area contributed by atoms with Crippen LogP contribution in [0.5, 0.6) is 0 Å². The van der Waals surface area contributed by atoms with Gasteiger partial charge in [-0.3, -0.25) is 4.90 Å². The average molecular weight is 182 g/mol. The summed E-state index contributed by atoms with van der Waals surface area (Å²) in [7, 11) is 2.23. The molecule has 2 rings (SSSR count). The third-order valence-corrected chi connectivity index (χ3v) is 3.72. The quantitative estimate of drug-likeness (QED) is 0.605. The Morgan fingerprint density at radius 1 is 1.00 bits per heavy atom. The van der Waals surface area contributed by atoms with Crippen molar-refractivity contribution < 1.29 is 0 Å². The second-order valence-corrected chi connectivity index (χ2v) is 4.91. The van der Waals surface area contributed by atoms with E-state index in [-0.39, 0.29) is 0 Å². The van der Waals surface area contributed by atoms with E-state index in [0.717, 1.165) is 12.0 Å². The molecule has 1 aliphatic carbocycles. The summed E-state index contributed by atoms with van der Waals surface area (Å²) < 4.78 is 0. The van der Waals surface area contributed by atoms with E-state index >= 15 is 0 Å². The van der Waals surface area contributed by atoms with Crippen molar-refractivity contribution in [3.8, 4) is 0 Å². The van der Waals surface area contributed by atoms with Crippen molar-refractivity contribution in [2.24, 2.45) is 5.92 Å². The van der Waals surface area contributed by atoms with E-state index in [0.29, 0.717) is 0 Å². The molecule has 0 aromatic rings. The van der Waals surface area contributed by atoms with Gasteiger partial charge in [0.15, 0.2) is 0 Å². The van der Waals surface area contributed by atoms with Crippen LogP contribution in [0.15, 0.2) is 0 Å². The lowest BCUT2D eigenvalue weighted by Crippen LogP contribution is -2.48. The zero-order valence-electron chi connectivity index (χ0n) is 9.00. The molecule has 0 radical (unpaired) electrons. The standard InChI is InChI=1S/C11H22N2/c1-10-3-4-11(9-10)13-7-5-12(2)6-8-13/h10-11H,3-9H2,1-2H3. The van der Waals surface area contributed by atoms with Crippen molar-refractivity contribution in [1.82, 2.24) is 9.80 Å². The molecule has 1 heterocycles. The van der Waals surface area contributed by atoms with Crippen molar-refractivity contribution in [3.63, 3.8) is 0 Å². The molecule has 2 fully saturated rings. The van der Waals surface area contributed by atoms with Crippen LogP contribution in [0, 0.1) is 5.92 Å². The summed E-state index contributed by atoms with van der Waals surface area (Å²) in [5, 5.41) is 0. The number of hydrogen-bond donors (Lipinski definition) is 0. The zero-order valence-corrected chi connectivity index (χ0v) is 9.00. The Morgan fingerprint density at radius 3 is 2.23 bits per heavy atom. The molecule has 0 N–H and O–H groups in total. The molecule has 0 aromatic heterocycles. The lowest BCUT2D eigenvalue weighted by molar-refractivity contribution is 0.112. The van der Waals surface area contributed by atoms with Crippen LogP contribution in [-0.4, -0.2) is 49.1 Å². The van der Waals surface area contributed by atoms with E-state index in [4.69, 9.17) is 0 Å². The molecule has 0 spiro atoms. The first kappa shape index (κ1) is 9.47. The van der Waals surface area contributed by atoms with Crippen molar-refractivity contribution in [2.75, 3.05) is 33.2 Å². The summed E-state index contributed by atoms with van der Waals surface area (Å²) in [6, 6.07) is 0.920. The predicted molar refractivity (Wildman–Crippen MR) is 55.9 cm³/mol. The van der Waals surface area contributed by atoms with Crippen LogP contribution >= 0.6 is 0 Å². The van der Waals surface area contributed by atoms with Gasteiger partial charge in [-0.1, -0.05) is 6.92 Å². The molecule has 2 atom stereocenters. The summed E-state index contributed by atoms with van der Waals surface area (Å²) in [5.41, 5.74) is 0. The third-order valence-electron chi connectivity index (χ3n) is 3.72. The Balaban J connectivity index is 1.81. The van der Waals surface area contributed by atoms with Gasteiger partial charge in [0.05, 0.1) is 0 Å². The summed E-state index contributed by atoms with van der Waals surface area (Å²) in [6.07, 6.45) is 4.35. The Kier molecular flexibility index (Phi) is 2.89. The first-order valence-electron chi connectivity index (χ1n) is 5.68. The minimum absolute atomic E-state index is 0.920. The van der Waals surface area contributed by atoms with Crippen LogP contribution in [-0.2, 0) is 0 Å². The Hall–Kier alpha value is -0.0800. The van der Waals surface area contributed by atoms with Crippen LogP contribution < -0.4 is 0 Å². The summed E-state index contributed by atoms with van der Waals surface area (Å²) >= 11 is 0.